The molecule has 2 aromatic rings. The van der Waals surface area contributed by atoms with Crippen LogP contribution in [-0.2, 0) is 0 Å². The molecule has 5 heteroatoms. The van der Waals surface area contributed by atoms with E-state index in [2.05, 4.69) is 4.98 Å². The minimum Gasteiger partial charge on any atom is -0.439 e. The van der Waals surface area contributed by atoms with E-state index in [1.807, 2.05) is 6.07 Å². The predicted octanol–water partition coefficient (Wildman–Crippen LogP) is 1.84. The molecule has 0 atom stereocenters. The van der Waals surface area contributed by atoms with Gasteiger partial charge >= 0.3 is 0 Å². The van der Waals surface area contributed by atoms with Crippen molar-refractivity contribution in [1.29, 1.82) is 5.26 Å². The molecule has 0 aliphatic rings. The molecule has 0 aliphatic heterocycles. The minimum atomic E-state index is -0.494. The average Bonchev–Trinajstić information content (AvgIpc) is 2.39. The molecule has 1 amide bonds. The third kappa shape index (κ3) is 2.62. The summed E-state index contributed by atoms with van der Waals surface area (Å²) in [5.41, 5.74) is 6.00. The van der Waals surface area contributed by atoms with Gasteiger partial charge in [0, 0.05) is 17.8 Å². The number of hydrogen-bond acceptors (Lipinski definition) is 4. The minimum absolute atomic E-state index is 0.320. The number of ether oxygens (including phenoxy) is 1. The quantitative estimate of drug-likeness (QED) is 0.884. The van der Waals surface area contributed by atoms with E-state index in [1.54, 1.807) is 30.3 Å². The number of nitrogens with zero attached hydrogens (tertiary/aromatic N) is 2. The summed E-state index contributed by atoms with van der Waals surface area (Å²) in [6.45, 7) is 0. The van der Waals surface area contributed by atoms with Crippen LogP contribution in [-0.4, -0.2) is 10.9 Å². The van der Waals surface area contributed by atoms with Gasteiger partial charge in [0.1, 0.15) is 5.75 Å². The molecule has 2 N–H and O–H groups in total. The second kappa shape index (κ2) is 4.97. The van der Waals surface area contributed by atoms with Crippen LogP contribution >= 0.6 is 0 Å². The van der Waals surface area contributed by atoms with Crippen LogP contribution < -0.4 is 10.5 Å². The summed E-state index contributed by atoms with van der Waals surface area (Å²) in [5, 5.41) is 8.74. The van der Waals surface area contributed by atoms with Crippen molar-refractivity contribution < 1.29 is 9.53 Å². The number of aromatic nitrogens is 1. The number of hydrogen-bond donors (Lipinski definition) is 1. The summed E-state index contributed by atoms with van der Waals surface area (Å²) < 4.78 is 5.44. The summed E-state index contributed by atoms with van der Waals surface area (Å²) >= 11 is 0. The standard InChI is InChI=1S/C13H9N3O2/c14-8-9-5-6-16-12(7-9)18-11-3-1-10(2-4-11)13(15)17/h1-7H,(H2,15,17). The molecule has 0 saturated carbocycles. The molecule has 0 bridgehead atoms. The van der Waals surface area contributed by atoms with E-state index in [9.17, 15) is 4.79 Å². The Morgan fingerprint density at radius 3 is 2.61 bits per heavy atom. The first-order chi connectivity index (χ1) is 8.69. The Balaban J connectivity index is 2.18. The van der Waals surface area contributed by atoms with Crippen molar-refractivity contribution in [2.75, 3.05) is 0 Å². The van der Waals surface area contributed by atoms with Crippen molar-refractivity contribution in [2.24, 2.45) is 5.73 Å². The van der Waals surface area contributed by atoms with Gasteiger partial charge in [0.15, 0.2) is 0 Å². The van der Waals surface area contributed by atoms with Crippen molar-refractivity contribution >= 4 is 5.91 Å². The van der Waals surface area contributed by atoms with E-state index in [1.165, 1.54) is 12.3 Å². The van der Waals surface area contributed by atoms with E-state index >= 15 is 0 Å². The van der Waals surface area contributed by atoms with E-state index in [0.717, 1.165) is 0 Å². The maximum Gasteiger partial charge on any atom is 0.248 e. The normalized spacial score (nSPS) is 9.50. The van der Waals surface area contributed by atoms with Gasteiger partial charge in [0.05, 0.1) is 11.6 Å². The Labute approximate surface area is 103 Å². The molecule has 0 spiro atoms. The van der Waals surface area contributed by atoms with Crippen LogP contribution in [0.15, 0.2) is 42.6 Å². The topological polar surface area (TPSA) is 89.0 Å². The second-order valence-electron chi connectivity index (χ2n) is 3.49. The zero-order valence-electron chi connectivity index (χ0n) is 9.33. The van der Waals surface area contributed by atoms with Crippen LogP contribution in [0.25, 0.3) is 0 Å². The fraction of sp³-hybridized carbons (Fsp3) is 0. The first-order valence-corrected chi connectivity index (χ1v) is 5.13. The van der Waals surface area contributed by atoms with Crippen LogP contribution in [0.2, 0.25) is 0 Å². The number of carbonyl (C=O) groups is 1. The van der Waals surface area contributed by atoms with Gasteiger partial charge in [0.2, 0.25) is 11.8 Å². The van der Waals surface area contributed by atoms with Crippen LogP contribution in [0.4, 0.5) is 0 Å². The summed E-state index contributed by atoms with van der Waals surface area (Å²) in [6.07, 6.45) is 1.49. The van der Waals surface area contributed by atoms with Crippen molar-refractivity contribution in [2.45, 2.75) is 0 Å². The highest BCUT2D eigenvalue weighted by Gasteiger charge is 2.02. The monoisotopic (exact) mass is 239 g/mol. The zero-order chi connectivity index (χ0) is 13.0. The second-order valence-corrected chi connectivity index (χ2v) is 3.49. The van der Waals surface area contributed by atoms with Crippen LogP contribution in [0, 0.1) is 11.3 Å². The van der Waals surface area contributed by atoms with Gasteiger partial charge in [-0.1, -0.05) is 0 Å². The molecular weight excluding hydrogens is 230 g/mol. The van der Waals surface area contributed by atoms with E-state index in [0.29, 0.717) is 22.8 Å². The van der Waals surface area contributed by atoms with E-state index in [4.69, 9.17) is 15.7 Å². The van der Waals surface area contributed by atoms with Crippen LogP contribution in [0.5, 0.6) is 11.6 Å². The van der Waals surface area contributed by atoms with E-state index < -0.39 is 5.91 Å². The Morgan fingerprint density at radius 1 is 1.28 bits per heavy atom. The lowest BCUT2D eigenvalue weighted by atomic mass is 10.2. The first kappa shape index (κ1) is 11.6. The molecule has 88 valence electrons. The van der Waals surface area contributed by atoms with Crippen molar-refractivity contribution in [3.63, 3.8) is 0 Å². The van der Waals surface area contributed by atoms with Gasteiger partial charge in [-0.15, -0.1) is 0 Å². The third-order valence-corrected chi connectivity index (χ3v) is 2.23. The largest absolute Gasteiger partial charge is 0.439 e. The predicted molar refractivity (Wildman–Crippen MR) is 64.0 cm³/mol. The fourth-order valence-electron chi connectivity index (χ4n) is 1.34. The maximum atomic E-state index is 10.9. The molecule has 0 radical (unpaired) electrons. The number of nitriles is 1. The molecule has 0 fully saturated rings. The van der Waals surface area contributed by atoms with Gasteiger partial charge in [-0.3, -0.25) is 4.79 Å². The molecule has 5 nitrogen and oxygen atoms in total. The van der Waals surface area contributed by atoms with Gasteiger partial charge < -0.3 is 10.5 Å². The smallest absolute Gasteiger partial charge is 0.248 e. The molecule has 18 heavy (non-hydrogen) atoms. The maximum absolute atomic E-state index is 10.9. The van der Waals surface area contributed by atoms with Crippen LogP contribution in [0.3, 0.4) is 0 Å². The summed E-state index contributed by atoms with van der Waals surface area (Å²) in [6, 6.07) is 11.5. The summed E-state index contributed by atoms with van der Waals surface area (Å²) in [5.74, 6) is 0.342. The SMILES string of the molecule is N#Cc1ccnc(Oc2ccc(C(N)=O)cc2)c1. The van der Waals surface area contributed by atoms with Crippen LogP contribution in [0.1, 0.15) is 15.9 Å². The van der Waals surface area contributed by atoms with Gasteiger partial charge in [-0.25, -0.2) is 4.98 Å². The van der Waals surface area contributed by atoms with Crippen molar-refractivity contribution in [3.05, 3.63) is 53.7 Å². The highest BCUT2D eigenvalue weighted by Crippen LogP contribution is 2.20. The number of carbonyl (C=O) groups excluding carboxylic acids is 1. The molecule has 1 aromatic heterocycles. The highest BCUT2D eigenvalue weighted by molar-refractivity contribution is 5.92. The lowest BCUT2D eigenvalue weighted by Crippen LogP contribution is -2.10. The van der Waals surface area contributed by atoms with Gasteiger partial charge in [-0.05, 0) is 30.3 Å². The Morgan fingerprint density at radius 2 is 2.00 bits per heavy atom. The summed E-state index contributed by atoms with van der Waals surface area (Å²) in [4.78, 5) is 14.9. The fourth-order valence-corrected chi connectivity index (χ4v) is 1.34. The lowest BCUT2D eigenvalue weighted by Gasteiger charge is -2.04. The molecule has 0 aliphatic carbocycles. The number of nitrogens with two attached hydrogens (primary N) is 1. The highest BCUT2D eigenvalue weighted by atomic mass is 16.5. The number of primary amides is 1. The Bertz CT molecular complexity index is 615. The molecule has 0 saturated heterocycles. The summed E-state index contributed by atoms with van der Waals surface area (Å²) in [7, 11) is 0. The van der Waals surface area contributed by atoms with Gasteiger partial charge in [0.25, 0.3) is 0 Å². The number of benzene rings is 1. The molecule has 1 heterocycles. The number of pyridine rings is 1. The molecule has 2 rings (SSSR count). The zero-order valence-corrected chi connectivity index (χ0v) is 9.33. The van der Waals surface area contributed by atoms with Crippen molar-refractivity contribution in [3.8, 4) is 17.7 Å². The Hall–Kier alpha value is -2.87. The molecule has 1 aromatic carbocycles. The lowest BCUT2D eigenvalue weighted by molar-refractivity contribution is 0.100. The van der Waals surface area contributed by atoms with Crippen molar-refractivity contribution in [1.82, 2.24) is 4.98 Å². The number of amides is 1. The van der Waals surface area contributed by atoms with E-state index in [-0.39, 0.29) is 0 Å². The first-order valence-electron chi connectivity index (χ1n) is 5.13. The molecular formula is C13H9N3O2. The Kier molecular flexibility index (Phi) is 3.21. The molecule has 0 unspecified atom stereocenters. The third-order valence-electron chi connectivity index (χ3n) is 2.23. The average molecular weight is 239 g/mol. The van der Waals surface area contributed by atoms with Gasteiger partial charge in [-0.2, -0.15) is 5.26 Å². The number of rotatable bonds is 3.